The van der Waals surface area contributed by atoms with Gasteiger partial charge in [-0.1, -0.05) is 23.2 Å². The van der Waals surface area contributed by atoms with Crippen LogP contribution in [0.1, 0.15) is 6.42 Å². The molecule has 3 atom stereocenters. The Balaban J connectivity index is 1.61. The fraction of sp³-hybridized carbons (Fsp3) is 0.333. The monoisotopic (exact) mass is 471 g/mol. The van der Waals surface area contributed by atoms with Crippen LogP contribution in [0.2, 0.25) is 10.2 Å². The third-order valence-corrected chi connectivity index (χ3v) is 8.10. The van der Waals surface area contributed by atoms with Crippen LogP contribution < -0.4 is 16.4 Å². The van der Waals surface area contributed by atoms with Gasteiger partial charge >= 0.3 is 6.03 Å². The number of hydrogen-bond acceptors (Lipinski definition) is 6. The molecule has 5 N–H and O–H groups in total. The van der Waals surface area contributed by atoms with Gasteiger partial charge in [0.15, 0.2) is 10.9 Å². The fourth-order valence-corrected chi connectivity index (χ4v) is 6.37. The number of carbonyl (C=O) groups is 1. The number of amides is 2. The lowest BCUT2D eigenvalue weighted by molar-refractivity contribution is 0.262. The maximum Gasteiger partial charge on any atom is 0.323 e. The number of fused-ring (bicyclic) bond motifs is 1. The quantitative estimate of drug-likeness (QED) is 0.390. The molecule has 2 unspecified atom stereocenters. The molecule has 1 saturated carbocycles. The van der Waals surface area contributed by atoms with Crippen molar-refractivity contribution in [3.8, 4) is 5.75 Å². The molecule has 1 aliphatic carbocycles. The highest BCUT2D eigenvalue weighted by Gasteiger charge is 2.56. The van der Waals surface area contributed by atoms with Crippen molar-refractivity contribution in [1.29, 1.82) is 0 Å². The number of phenolic OH excluding ortho intramolecular Hbond substituents is 1. The summed E-state index contributed by atoms with van der Waals surface area (Å²) in [5.41, 5.74) is 5.92. The normalized spacial score (nSPS) is 23.1. The number of sulfonamides is 1. The first-order valence-electron chi connectivity index (χ1n) is 9.16. The molecule has 4 rings (SSSR count). The van der Waals surface area contributed by atoms with Crippen molar-refractivity contribution in [2.75, 3.05) is 23.7 Å². The van der Waals surface area contributed by atoms with Crippen molar-refractivity contribution in [1.82, 2.24) is 9.29 Å². The first-order valence-corrected chi connectivity index (χ1v) is 11.4. The first kappa shape index (κ1) is 21.1. The summed E-state index contributed by atoms with van der Waals surface area (Å²) in [5.74, 6) is -0.126. The van der Waals surface area contributed by atoms with E-state index in [9.17, 15) is 18.3 Å². The highest BCUT2D eigenvalue weighted by Crippen LogP contribution is 2.52. The SMILES string of the molecule is NC[C@@H]1C2CC2CN1S(=O)(=O)c1c(Cl)ccc(NC(=O)Nc2cccnc2Cl)c1O. The Labute approximate surface area is 183 Å². The zero-order valence-electron chi connectivity index (χ0n) is 15.5. The Morgan fingerprint density at radius 1 is 1.27 bits per heavy atom. The minimum Gasteiger partial charge on any atom is -0.504 e. The topological polar surface area (TPSA) is 138 Å². The Bertz CT molecular complexity index is 1110. The molecule has 0 spiro atoms. The Kier molecular flexibility index (Phi) is 5.54. The van der Waals surface area contributed by atoms with Crippen LogP contribution in [-0.4, -0.2) is 48.0 Å². The number of carbonyl (C=O) groups excluding carboxylic acids is 1. The van der Waals surface area contributed by atoms with E-state index in [0.29, 0.717) is 6.54 Å². The van der Waals surface area contributed by atoms with Crippen LogP contribution in [0.5, 0.6) is 5.75 Å². The van der Waals surface area contributed by atoms with Crippen LogP contribution in [0.4, 0.5) is 16.2 Å². The largest absolute Gasteiger partial charge is 0.504 e. The van der Waals surface area contributed by atoms with Crippen molar-refractivity contribution in [3.05, 3.63) is 40.6 Å². The lowest BCUT2D eigenvalue weighted by atomic mass is 10.2. The first-order chi connectivity index (χ1) is 14.2. The van der Waals surface area contributed by atoms with Crippen LogP contribution >= 0.6 is 23.2 Å². The summed E-state index contributed by atoms with van der Waals surface area (Å²) in [6, 6.07) is 4.66. The number of halogens is 2. The lowest BCUT2D eigenvalue weighted by Gasteiger charge is -2.26. The van der Waals surface area contributed by atoms with E-state index in [1.807, 2.05) is 0 Å². The maximum absolute atomic E-state index is 13.3. The standard InChI is InChI=1S/C18H19Cl2N5O4S/c19-11-3-4-12(23-18(27)24-13-2-1-5-22-17(13)20)15(26)16(11)30(28,29)25-8-9-6-10(9)14(25)7-21/h1-5,9-10,14,26H,6-8,21H2,(H2,23,24,27)/t9?,10?,14-/m1/s1. The van der Waals surface area contributed by atoms with Crippen molar-refractivity contribution in [2.45, 2.75) is 17.4 Å². The van der Waals surface area contributed by atoms with Gasteiger partial charge in [-0.3, -0.25) is 0 Å². The average Bonchev–Trinajstić information content (AvgIpc) is 3.36. The number of phenols is 1. The summed E-state index contributed by atoms with van der Waals surface area (Å²) >= 11 is 12.0. The van der Waals surface area contributed by atoms with E-state index >= 15 is 0 Å². The fourth-order valence-electron chi connectivity index (χ4n) is 3.87. The molecular weight excluding hydrogens is 453 g/mol. The molecule has 2 aliphatic rings. The molecule has 2 heterocycles. The number of nitrogens with zero attached hydrogens (tertiary/aromatic N) is 2. The molecule has 1 aliphatic heterocycles. The number of urea groups is 1. The van der Waals surface area contributed by atoms with Crippen LogP contribution in [0, 0.1) is 11.8 Å². The zero-order valence-corrected chi connectivity index (χ0v) is 17.9. The average molecular weight is 472 g/mol. The van der Waals surface area contributed by atoms with E-state index in [1.165, 1.54) is 28.7 Å². The highest BCUT2D eigenvalue weighted by atomic mass is 35.5. The van der Waals surface area contributed by atoms with Gasteiger partial charge in [-0.15, -0.1) is 0 Å². The predicted octanol–water partition coefficient (Wildman–Crippen LogP) is 2.71. The third kappa shape index (κ3) is 3.69. The summed E-state index contributed by atoms with van der Waals surface area (Å²) in [6.07, 6.45) is 2.41. The molecule has 2 aromatic rings. The molecule has 2 amide bonds. The highest BCUT2D eigenvalue weighted by molar-refractivity contribution is 7.89. The molecule has 1 saturated heterocycles. The molecule has 30 heavy (non-hydrogen) atoms. The molecule has 1 aromatic heterocycles. The number of nitrogens with two attached hydrogens (primary N) is 1. The van der Waals surface area contributed by atoms with Crippen molar-refractivity contribution < 1.29 is 18.3 Å². The van der Waals surface area contributed by atoms with Gasteiger partial charge in [-0.25, -0.2) is 18.2 Å². The number of aromatic hydroxyl groups is 1. The van der Waals surface area contributed by atoms with Crippen LogP contribution in [-0.2, 0) is 10.0 Å². The van der Waals surface area contributed by atoms with Gasteiger partial charge in [0.1, 0.15) is 4.90 Å². The molecule has 9 nitrogen and oxygen atoms in total. The lowest BCUT2D eigenvalue weighted by Crippen LogP contribution is -2.42. The molecular formula is C18H19Cl2N5O4S. The van der Waals surface area contributed by atoms with Gasteiger partial charge in [0, 0.05) is 25.3 Å². The van der Waals surface area contributed by atoms with Gasteiger partial charge < -0.3 is 21.5 Å². The molecule has 0 radical (unpaired) electrons. The second-order valence-corrected chi connectivity index (χ2v) is 9.82. The maximum atomic E-state index is 13.3. The number of pyridine rings is 1. The number of aromatic nitrogens is 1. The van der Waals surface area contributed by atoms with E-state index in [1.54, 1.807) is 6.07 Å². The van der Waals surface area contributed by atoms with Crippen LogP contribution in [0.25, 0.3) is 0 Å². The number of benzene rings is 1. The van der Waals surface area contributed by atoms with Gasteiger partial charge in [0.25, 0.3) is 0 Å². The number of piperidine rings is 1. The third-order valence-electron chi connectivity index (χ3n) is 5.40. The van der Waals surface area contributed by atoms with Crippen molar-refractivity contribution in [2.24, 2.45) is 17.6 Å². The second-order valence-electron chi connectivity index (χ2n) is 7.23. The minimum atomic E-state index is -4.12. The minimum absolute atomic E-state index is 0.0802. The number of rotatable bonds is 5. The number of anilines is 2. The van der Waals surface area contributed by atoms with Gasteiger partial charge in [0.05, 0.1) is 16.4 Å². The van der Waals surface area contributed by atoms with Crippen molar-refractivity contribution in [3.63, 3.8) is 0 Å². The van der Waals surface area contributed by atoms with Crippen LogP contribution in [0.15, 0.2) is 35.4 Å². The number of nitrogens with one attached hydrogen (secondary N) is 2. The zero-order chi connectivity index (χ0) is 21.6. The summed E-state index contributed by atoms with van der Waals surface area (Å²) in [7, 11) is -4.12. The summed E-state index contributed by atoms with van der Waals surface area (Å²) in [4.78, 5) is 15.7. The number of hydrogen-bond donors (Lipinski definition) is 4. The van der Waals surface area contributed by atoms with E-state index < -0.39 is 26.7 Å². The summed E-state index contributed by atoms with van der Waals surface area (Å²) in [6.45, 7) is 0.521. The smallest absolute Gasteiger partial charge is 0.323 e. The van der Waals surface area contributed by atoms with E-state index in [0.717, 1.165) is 6.42 Å². The molecule has 160 valence electrons. The van der Waals surface area contributed by atoms with Gasteiger partial charge in [0.2, 0.25) is 10.0 Å². The predicted molar refractivity (Wildman–Crippen MR) is 113 cm³/mol. The second kappa shape index (κ2) is 7.86. The Hall–Kier alpha value is -2.11. The summed E-state index contributed by atoms with van der Waals surface area (Å²) in [5, 5.41) is 15.5. The van der Waals surface area contributed by atoms with Gasteiger partial charge in [-0.2, -0.15) is 4.31 Å². The Morgan fingerprint density at radius 3 is 2.70 bits per heavy atom. The van der Waals surface area contributed by atoms with E-state index in [2.05, 4.69) is 15.6 Å². The molecule has 0 bridgehead atoms. The Morgan fingerprint density at radius 2 is 2.00 bits per heavy atom. The molecule has 12 heteroatoms. The van der Waals surface area contributed by atoms with E-state index in [-0.39, 0.29) is 46.0 Å². The molecule has 2 fully saturated rings. The van der Waals surface area contributed by atoms with E-state index in [4.69, 9.17) is 28.9 Å². The summed E-state index contributed by atoms with van der Waals surface area (Å²) < 4.78 is 27.8. The molecule has 1 aromatic carbocycles. The van der Waals surface area contributed by atoms with Crippen LogP contribution in [0.3, 0.4) is 0 Å². The van der Waals surface area contributed by atoms with Gasteiger partial charge in [-0.05, 0) is 42.5 Å². The van der Waals surface area contributed by atoms with Crippen molar-refractivity contribution >= 4 is 50.6 Å².